The molecule has 0 bridgehead atoms. The lowest BCUT2D eigenvalue weighted by Crippen LogP contribution is -2.28. The summed E-state index contributed by atoms with van der Waals surface area (Å²) < 4.78 is 0. The number of hydrogen-bond acceptors (Lipinski definition) is 2. The number of benzene rings is 2. The van der Waals surface area contributed by atoms with E-state index in [0.29, 0.717) is 0 Å². The molecule has 0 fully saturated rings. The van der Waals surface area contributed by atoms with Gasteiger partial charge in [-0.15, -0.1) is 12.4 Å². The van der Waals surface area contributed by atoms with E-state index in [4.69, 9.17) is 16.6 Å². The Morgan fingerprint density at radius 2 is 1.68 bits per heavy atom. The summed E-state index contributed by atoms with van der Waals surface area (Å²) in [4.78, 5) is 7.02. The summed E-state index contributed by atoms with van der Waals surface area (Å²) in [6.07, 6.45) is 0.896. The lowest BCUT2D eigenvalue weighted by atomic mass is 9.90. The zero-order chi connectivity index (χ0) is 14.1. The van der Waals surface area contributed by atoms with Crippen LogP contribution in [0, 0.1) is 0 Å². The predicted molar refractivity (Wildman–Crippen MR) is 95.4 cm³/mol. The summed E-state index contributed by atoms with van der Waals surface area (Å²) in [6, 6.07) is 16.6. The fourth-order valence-electron chi connectivity index (χ4n) is 2.57. The lowest BCUT2D eigenvalue weighted by molar-refractivity contribution is 0.592. The van der Waals surface area contributed by atoms with Gasteiger partial charge in [-0.3, -0.25) is 4.99 Å². The van der Waals surface area contributed by atoms with Gasteiger partial charge < -0.3 is 10.4 Å². The standard InChI is InChI=1S/C17H17ClN2.ClH.H2O/c1-20(2)16-11-13-5-3-4-6-15(13)17(19-16)12-7-9-14(18)10-8-12;;/h3-10,17H,11H2,1-2H3;1H;1H2. The Morgan fingerprint density at radius 3 is 2.32 bits per heavy atom. The maximum absolute atomic E-state index is 5.99. The van der Waals surface area contributed by atoms with Crippen LogP contribution in [0.4, 0.5) is 0 Å². The minimum absolute atomic E-state index is 0. The van der Waals surface area contributed by atoms with Crippen LogP contribution in [0.3, 0.4) is 0 Å². The van der Waals surface area contributed by atoms with E-state index in [2.05, 4.69) is 41.3 Å². The van der Waals surface area contributed by atoms with Gasteiger partial charge in [0, 0.05) is 25.5 Å². The first kappa shape index (κ1) is 18.5. The van der Waals surface area contributed by atoms with Crippen molar-refractivity contribution in [3.63, 3.8) is 0 Å². The molecule has 1 aliphatic rings. The van der Waals surface area contributed by atoms with Crippen LogP contribution in [0.2, 0.25) is 5.02 Å². The first-order valence-corrected chi connectivity index (χ1v) is 7.10. The molecule has 1 atom stereocenters. The van der Waals surface area contributed by atoms with Crippen molar-refractivity contribution >= 4 is 29.8 Å². The van der Waals surface area contributed by atoms with Crippen molar-refractivity contribution in [3.8, 4) is 0 Å². The normalized spacial score (nSPS) is 15.8. The average Bonchev–Trinajstić information content (AvgIpc) is 2.47. The zero-order valence-corrected chi connectivity index (χ0v) is 14.2. The second-order valence-electron chi connectivity index (χ2n) is 5.27. The molecule has 0 amide bonds. The molecule has 0 saturated heterocycles. The topological polar surface area (TPSA) is 47.1 Å². The third-order valence-corrected chi connectivity index (χ3v) is 3.93. The van der Waals surface area contributed by atoms with Gasteiger partial charge in [0.15, 0.2) is 0 Å². The molecule has 1 aliphatic heterocycles. The van der Waals surface area contributed by atoms with Gasteiger partial charge in [-0.25, -0.2) is 0 Å². The molecule has 2 aromatic rings. The molecule has 0 radical (unpaired) electrons. The monoisotopic (exact) mass is 338 g/mol. The molecule has 5 heteroatoms. The molecule has 3 nitrogen and oxygen atoms in total. The summed E-state index contributed by atoms with van der Waals surface area (Å²) in [7, 11) is 4.09. The number of hydrogen-bond donors (Lipinski definition) is 0. The van der Waals surface area contributed by atoms with Crippen LogP contribution in [0.1, 0.15) is 22.7 Å². The maximum atomic E-state index is 5.99. The Morgan fingerprint density at radius 1 is 1.05 bits per heavy atom. The van der Waals surface area contributed by atoms with Gasteiger partial charge in [0.25, 0.3) is 0 Å². The molecule has 1 heterocycles. The molecule has 2 aromatic carbocycles. The number of aliphatic imine (C=N–C) groups is 1. The quantitative estimate of drug-likeness (QED) is 0.784. The molecule has 118 valence electrons. The van der Waals surface area contributed by atoms with E-state index < -0.39 is 0 Å². The van der Waals surface area contributed by atoms with Crippen LogP contribution in [-0.2, 0) is 6.42 Å². The minimum atomic E-state index is 0. The number of fused-ring (bicyclic) bond motifs is 1. The minimum Gasteiger partial charge on any atom is -0.412 e. The second-order valence-corrected chi connectivity index (χ2v) is 5.71. The van der Waals surface area contributed by atoms with Gasteiger partial charge >= 0.3 is 0 Å². The molecule has 2 N–H and O–H groups in total. The third-order valence-electron chi connectivity index (χ3n) is 3.68. The maximum Gasteiger partial charge on any atom is 0.104 e. The number of nitrogens with zero attached hydrogens (tertiary/aromatic N) is 2. The molecule has 0 aliphatic carbocycles. The van der Waals surface area contributed by atoms with E-state index >= 15 is 0 Å². The summed E-state index contributed by atoms with van der Waals surface area (Å²) in [5.41, 5.74) is 3.83. The van der Waals surface area contributed by atoms with Gasteiger partial charge in [0.05, 0.1) is 0 Å². The summed E-state index contributed by atoms with van der Waals surface area (Å²) in [5, 5.41) is 0.759. The van der Waals surface area contributed by atoms with E-state index in [1.807, 2.05) is 26.2 Å². The van der Waals surface area contributed by atoms with Crippen molar-refractivity contribution in [1.29, 1.82) is 0 Å². The highest BCUT2D eigenvalue weighted by atomic mass is 35.5. The van der Waals surface area contributed by atoms with Gasteiger partial charge in [-0.2, -0.15) is 0 Å². The van der Waals surface area contributed by atoms with Crippen LogP contribution in [-0.4, -0.2) is 30.3 Å². The van der Waals surface area contributed by atoms with Gasteiger partial charge in [0.1, 0.15) is 11.9 Å². The Hall–Kier alpha value is -1.55. The van der Waals surface area contributed by atoms with E-state index in [9.17, 15) is 0 Å². The highest BCUT2D eigenvalue weighted by molar-refractivity contribution is 6.30. The Balaban J connectivity index is 0.00000121. The van der Waals surface area contributed by atoms with E-state index in [0.717, 1.165) is 17.3 Å². The number of halogens is 2. The molecule has 0 saturated carbocycles. The van der Waals surface area contributed by atoms with Gasteiger partial charge in [-0.1, -0.05) is 48.0 Å². The largest absolute Gasteiger partial charge is 0.412 e. The van der Waals surface area contributed by atoms with Crippen LogP contribution < -0.4 is 0 Å². The van der Waals surface area contributed by atoms with E-state index in [1.54, 1.807) is 0 Å². The smallest absolute Gasteiger partial charge is 0.104 e. The lowest BCUT2D eigenvalue weighted by Gasteiger charge is -2.27. The molecule has 0 spiro atoms. The summed E-state index contributed by atoms with van der Waals surface area (Å²) >= 11 is 5.99. The van der Waals surface area contributed by atoms with Crippen molar-refractivity contribution in [2.45, 2.75) is 12.5 Å². The van der Waals surface area contributed by atoms with Gasteiger partial charge in [-0.05, 0) is 28.8 Å². The Labute approximate surface area is 142 Å². The van der Waals surface area contributed by atoms with Crippen LogP contribution in [0.15, 0.2) is 53.5 Å². The van der Waals surface area contributed by atoms with Crippen molar-refractivity contribution in [2.24, 2.45) is 4.99 Å². The van der Waals surface area contributed by atoms with Gasteiger partial charge in [0.2, 0.25) is 0 Å². The van der Waals surface area contributed by atoms with Crippen molar-refractivity contribution in [2.75, 3.05) is 14.1 Å². The molecular formula is C17H20Cl2N2O. The zero-order valence-electron chi connectivity index (χ0n) is 12.6. The SMILES string of the molecule is CN(C)C1=NC(c2ccc(Cl)cc2)c2ccccc2C1.Cl.O. The first-order valence-electron chi connectivity index (χ1n) is 6.72. The Kier molecular flexibility index (Phi) is 6.42. The second kappa shape index (κ2) is 7.63. The van der Waals surface area contributed by atoms with Crippen molar-refractivity contribution in [3.05, 3.63) is 70.2 Å². The predicted octanol–water partition coefficient (Wildman–Crippen LogP) is 3.54. The first-order chi connectivity index (χ1) is 9.65. The fraction of sp³-hybridized carbons (Fsp3) is 0.235. The van der Waals surface area contributed by atoms with Crippen molar-refractivity contribution in [1.82, 2.24) is 4.90 Å². The van der Waals surface area contributed by atoms with E-state index in [1.165, 1.54) is 16.7 Å². The molecule has 1 unspecified atom stereocenters. The number of likely N-dealkylation sites (N-methyl/N-ethyl adjacent to an activating group) is 1. The highest BCUT2D eigenvalue weighted by Gasteiger charge is 2.23. The Bertz CT molecular complexity index is 654. The summed E-state index contributed by atoms with van der Waals surface area (Å²) in [6.45, 7) is 0. The number of rotatable bonds is 1. The molecule has 0 aromatic heterocycles. The van der Waals surface area contributed by atoms with Crippen LogP contribution in [0.5, 0.6) is 0 Å². The summed E-state index contributed by atoms with van der Waals surface area (Å²) in [5.74, 6) is 1.11. The third kappa shape index (κ3) is 3.61. The average molecular weight is 339 g/mol. The number of amidine groups is 1. The fourth-order valence-corrected chi connectivity index (χ4v) is 2.70. The van der Waals surface area contributed by atoms with Crippen molar-refractivity contribution < 1.29 is 5.48 Å². The van der Waals surface area contributed by atoms with Crippen LogP contribution in [0.25, 0.3) is 0 Å². The van der Waals surface area contributed by atoms with Crippen LogP contribution >= 0.6 is 24.0 Å². The van der Waals surface area contributed by atoms with E-state index in [-0.39, 0.29) is 23.9 Å². The molecule has 3 rings (SSSR count). The highest BCUT2D eigenvalue weighted by Crippen LogP contribution is 2.33. The molecular weight excluding hydrogens is 319 g/mol. The molecule has 22 heavy (non-hydrogen) atoms.